The van der Waals surface area contributed by atoms with Crippen molar-refractivity contribution in [1.82, 2.24) is 0 Å². The Bertz CT molecular complexity index is 560. The van der Waals surface area contributed by atoms with E-state index in [-0.39, 0.29) is 43.8 Å². The molecular weight excluding hydrogens is 402 g/mol. The number of hydrogen-bond donors (Lipinski definition) is 0. The summed E-state index contributed by atoms with van der Waals surface area (Å²) in [4.78, 5) is 0. The number of ether oxygens (including phenoxy) is 3. The van der Waals surface area contributed by atoms with E-state index in [1.54, 1.807) is 0 Å². The standard InChI is InChI=1S/C20H30F6O3/c1-4-13(3)29-17-9-14-6-15(10-17)8-16(7-14,11-17)18(19(21,22)23,20(24,25)26)28-12-27-5-2/h13-15H,4-12H2,1-3H3. The molecule has 0 radical (unpaired) electrons. The molecule has 0 heterocycles. The molecule has 0 spiro atoms. The first-order valence-electron chi connectivity index (χ1n) is 10.4. The van der Waals surface area contributed by atoms with Gasteiger partial charge >= 0.3 is 12.4 Å². The Morgan fingerprint density at radius 1 is 0.931 bits per heavy atom. The van der Waals surface area contributed by atoms with E-state index in [4.69, 9.17) is 14.2 Å². The molecule has 0 amide bonds. The Balaban J connectivity index is 2.09. The van der Waals surface area contributed by atoms with E-state index in [9.17, 15) is 26.3 Å². The van der Waals surface area contributed by atoms with E-state index < -0.39 is 35.8 Å². The Hall–Kier alpha value is -0.540. The zero-order valence-corrected chi connectivity index (χ0v) is 17.1. The molecule has 0 aromatic heterocycles. The highest BCUT2D eigenvalue weighted by Crippen LogP contribution is 2.71. The molecule has 3 atom stereocenters. The Kier molecular flexibility index (Phi) is 6.02. The van der Waals surface area contributed by atoms with E-state index in [0.717, 1.165) is 0 Å². The molecule has 170 valence electrons. The smallest absolute Gasteiger partial charge is 0.372 e. The van der Waals surface area contributed by atoms with Gasteiger partial charge in [-0.25, -0.2) is 0 Å². The van der Waals surface area contributed by atoms with Gasteiger partial charge < -0.3 is 14.2 Å². The van der Waals surface area contributed by atoms with Gasteiger partial charge in [-0.15, -0.1) is 0 Å². The van der Waals surface area contributed by atoms with Gasteiger partial charge in [0.2, 0.25) is 0 Å². The van der Waals surface area contributed by atoms with Gasteiger partial charge in [-0.2, -0.15) is 26.3 Å². The number of alkyl halides is 6. The second-order valence-electron chi connectivity index (χ2n) is 9.19. The molecule has 3 nitrogen and oxygen atoms in total. The van der Waals surface area contributed by atoms with Crippen LogP contribution in [0.1, 0.15) is 65.7 Å². The summed E-state index contributed by atoms with van der Waals surface area (Å²) in [5.74, 6) is -0.444. The first-order chi connectivity index (χ1) is 13.3. The summed E-state index contributed by atoms with van der Waals surface area (Å²) < 4.78 is 102. The van der Waals surface area contributed by atoms with Crippen LogP contribution in [-0.2, 0) is 14.2 Å². The number of halogens is 6. The van der Waals surface area contributed by atoms with Crippen molar-refractivity contribution in [3.63, 3.8) is 0 Å². The van der Waals surface area contributed by atoms with Crippen LogP contribution in [0.25, 0.3) is 0 Å². The second-order valence-corrected chi connectivity index (χ2v) is 9.19. The Morgan fingerprint density at radius 2 is 1.48 bits per heavy atom. The van der Waals surface area contributed by atoms with E-state index in [1.807, 2.05) is 13.8 Å². The van der Waals surface area contributed by atoms with Crippen LogP contribution in [0.2, 0.25) is 0 Å². The molecule has 4 rings (SSSR count). The molecule has 0 saturated heterocycles. The lowest BCUT2D eigenvalue weighted by molar-refractivity contribution is -0.444. The van der Waals surface area contributed by atoms with E-state index in [1.165, 1.54) is 6.92 Å². The summed E-state index contributed by atoms with van der Waals surface area (Å²) in [6, 6.07) is 0. The monoisotopic (exact) mass is 432 g/mol. The lowest BCUT2D eigenvalue weighted by Gasteiger charge is -2.66. The van der Waals surface area contributed by atoms with Crippen molar-refractivity contribution in [3.8, 4) is 0 Å². The van der Waals surface area contributed by atoms with Crippen LogP contribution in [0.15, 0.2) is 0 Å². The largest absolute Gasteiger partial charge is 0.427 e. The summed E-state index contributed by atoms with van der Waals surface area (Å²) in [7, 11) is 0. The molecule has 29 heavy (non-hydrogen) atoms. The first-order valence-corrected chi connectivity index (χ1v) is 10.4. The Labute approximate surface area is 167 Å². The summed E-state index contributed by atoms with van der Waals surface area (Å²) in [6.45, 7) is 4.11. The van der Waals surface area contributed by atoms with Crippen LogP contribution in [0.5, 0.6) is 0 Å². The van der Waals surface area contributed by atoms with Gasteiger partial charge in [0.15, 0.2) is 0 Å². The topological polar surface area (TPSA) is 27.7 Å². The highest BCUT2D eigenvalue weighted by molar-refractivity contribution is 5.20. The van der Waals surface area contributed by atoms with Gasteiger partial charge in [0, 0.05) is 12.0 Å². The van der Waals surface area contributed by atoms with Gasteiger partial charge in [0.05, 0.1) is 11.7 Å². The Morgan fingerprint density at radius 3 is 1.93 bits per heavy atom. The van der Waals surface area contributed by atoms with Crippen LogP contribution < -0.4 is 0 Å². The van der Waals surface area contributed by atoms with Gasteiger partial charge in [-0.05, 0) is 70.6 Å². The van der Waals surface area contributed by atoms with Crippen LogP contribution in [0, 0.1) is 17.3 Å². The SMILES string of the molecule is CCOCOC(C(F)(F)F)(C(F)(F)F)C12CC3CC(CC(OC(C)CC)(C3)C1)C2. The quantitative estimate of drug-likeness (QED) is 0.267. The molecule has 4 bridgehead atoms. The van der Waals surface area contributed by atoms with Crippen LogP contribution >= 0.6 is 0 Å². The van der Waals surface area contributed by atoms with Crippen molar-refractivity contribution in [1.29, 1.82) is 0 Å². The molecule has 9 heteroatoms. The fraction of sp³-hybridized carbons (Fsp3) is 1.00. The van der Waals surface area contributed by atoms with Gasteiger partial charge in [0.1, 0.15) is 6.79 Å². The van der Waals surface area contributed by atoms with Crippen molar-refractivity contribution in [2.24, 2.45) is 17.3 Å². The van der Waals surface area contributed by atoms with Gasteiger partial charge in [-0.3, -0.25) is 0 Å². The van der Waals surface area contributed by atoms with E-state index in [0.29, 0.717) is 25.7 Å². The zero-order valence-electron chi connectivity index (χ0n) is 17.1. The zero-order chi connectivity index (χ0) is 21.7. The maximum atomic E-state index is 14.3. The average molecular weight is 432 g/mol. The van der Waals surface area contributed by atoms with Crippen molar-refractivity contribution < 1.29 is 40.6 Å². The fourth-order valence-corrected chi connectivity index (χ4v) is 6.53. The van der Waals surface area contributed by atoms with Crippen molar-refractivity contribution in [2.45, 2.75) is 95.4 Å². The summed E-state index contributed by atoms with van der Waals surface area (Å²) >= 11 is 0. The number of hydrogen-bond acceptors (Lipinski definition) is 3. The highest BCUT2D eigenvalue weighted by atomic mass is 19.4. The van der Waals surface area contributed by atoms with E-state index in [2.05, 4.69) is 0 Å². The summed E-state index contributed by atoms with van der Waals surface area (Å²) in [5, 5.41) is 0. The van der Waals surface area contributed by atoms with Crippen molar-refractivity contribution in [2.75, 3.05) is 13.4 Å². The van der Waals surface area contributed by atoms with Gasteiger partial charge in [0.25, 0.3) is 5.60 Å². The van der Waals surface area contributed by atoms with Crippen molar-refractivity contribution in [3.05, 3.63) is 0 Å². The molecule has 0 aliphatic heterocycles. The highest BCUT2D eigenvalue weighted by Gasteiger charge is 2.83. The van der Waals surface area contributed by atoms with E-state index >= 15 is 0 Å². The normalized spacial score (nSPS) is 35.9. The molecule has 0 aromatic rings. The van der Waals surface area contributed by atoms with Gasteiger partial charge in [-0.1, -0.05) is 6.92 Å². The predicted molar refractivity (Wildman–Crippen MR) is 93.1 cm³/mol. The maximum absolute atomic E-state index is 14.3. The molecule has 3 unspecified atom stereocenters. The average Bonchev–Trinajstić information content (AvgIpc) is 2.54. The lowest BCUT2D eigenvalue weighted by atomic mass is 9.43. The minimum atomic E-state index is -5.62. The molecule has 0 N–H and O–H groups in total. The predicted octanol–water partition coefficient (Wildman–Crippen LogP) is 6.01. The third-order valence-corrected chi connectivity index (χ3v) is 7.14. The first kappa shape index (κ1) is 23.1. The third-order valence-electron chi connectivity index (χ3n) is 7.14. The third kappa shape index (κ3) is 3.69. The fourth-order valence-electron chi connectivity index (χ4n) is 6.53. The molecule has 4 aliphatic carbocycles. The van der Waals surface area contributed by atoms with Crippen LogP contribution in [0.3, 0.4) is 0 Å². The maximum Gasteiger partial charge on any atom is 0.427 e. The molecular formula is C20H30F6O3. The van der Waals surface area contributed by atoms with Crippen molar-refractivity contribution >= 4 is 0 Å². The second kappa shape index (κ2) is 7.55. The molecule has 4 fully saturated rings. The van der Waals surface area contributed by atoms with Crippen LogP contribution in [0.4, 0.5) is 26.3 Å². The summed E-state index contributed by atoms with van der Waals surface area (Å²) in [5.41, 5.74) is -7.31. The minimum Gasteiger partial charge on any atom is -0.372 e. The van der Waals surface area contributed by atoms with Crippen LogP contribution in [-0.4, -0.2) is 43.1 Å². The molecule has 4 saturated carbocycles. The number of rotatable bonds is 8. The lowest BCUT2D eigenvalue weighted by Crippen LogP contribution is -2.74. The summed E-state index contributed by atoms with van der Waals surface area (Å²) in [6.07, 6.45) is -9.71. The minimum absolute atomic E-state index is 0.0366. The molecule has 4 aliphatic rings. The molecule has 0 aromatic carbocycles.